The molecule has 0 aliphatic carbocycles. The van der Waals surface area contributed by atoms with Gasteiger partial charge in [0.1, 0.15) is 11.5 Å². The maximum atomic E-state index is 12.9. The zero-order chi connectivity index (χ0) is 20.1. The molecule has 5 nitrogen and oxygen atoms in total. The van der Waals surface area contributed by atoms with Gasteiger partial charge in [-0.05, 0) is 53.4 Å². The quantitative estimate of drug-likeness (QED) is 0.547. The molecule has 28 heavy (non-hydrogen) atoms. The monoisotopic (exact) mass is 463 g/mol. The summed E-state index contributed by atoms with van der Waals surface area (Å²) in [5.74, 6) is 1.21. The highest BCUT2D eigenvalue weighted by molar-refractivity contribution is 9.10. The molecule has 1 fully saturated rings. The van der Waals surface area contributed by atoms with Crippen LogP contribution in [0.2, 0.25) is 0 Å². The Morgan fingerprint density at radius 1 is 1.04 bits per heavy atom. The van der Waals surface area contributed by atoms with Gasteiger partial charge in [-0.15, -0.1) is 0 Å². The van der Waals surface area contributed by atoms with Crippen LogP contribution in [0.1, 0.15) is 25.0 Å². The van der Waals surface area contributed by atoms with Crippen molar-refractivity contribution in [3.63, 3.8) is 0 Å². The largest absolute Gasteiger partial charge is 0.493 e. The Bertz CT molecular complexity index is 859. The molecule has 7 heteroatoms. The molecule has 1 aliphatic heterocycles. The number of ether oxygens (including phenoxy) is 2. The van der Waals surface area contributed by atoms with Crippen LogP contribution >= 0.6 is 27.7 Å². The smallest absolute Gasteiger partial charge is 0.289 e. The van der Waals surface area contributed by atoms with Crippen molar-refractivity contribution in [2.45, 2.75) is 32.1 Å². The highest BCUT2D eigenvalue weighted by Gasteiger charge is 2.39. The fourth-order valence-corrected chi connectivity index (χ4v) is 4.55. The van der Waals surface area contributed by atoms with E-state index in [9.17, 15) is 9.59 Å². The number of carbonyl (C=O) groups excluding carboxylic acids is 2. The zero-order valence-corrected chi connectivity index (χ0v) is 18.2. The average molecular weight is 464 g/mol. The van der Waals surface area contributed by atoms with E-state index in [-0.39, 0.29) is 11.1 Å². The molecule has 2 aromatic rings. The van der Waals surface area contributed by atoms with Crippen molar-refractivity contribution in [3.8, 4) is 11.5 Å². The van der Waals surface area contributed by atoms with Crippen molar-refractivity contribution in [1.29, 1.82) is 0 Å². The first kappa shape index (κ1) is 20.7. The van der Waals surface area contributed by atoms with Gasteiger partial charge in [0.2, 0.25) is 5.91 Å². The summed E-state index contributed by atoms with van der Waals surface area (Å²) < 4.78 is 12.2. The summed E-state index contributed by atoms with van der Waals surface area (Å²) in [5, 5.41) is -0.665. The Kier molecular flexibility index (Phi) is 7.02. The molecular formula is C21H22BrNO4S. The molecule has 148 valence electrons. The topological polar surface area (TPSA) is 55.8 Å². The van der Waals surface area contributed by atoms with E-state index in [4.69, 9.17) is 9.47 Å². The molecule has 0 spiro atoms. The summed E-state index contributed by atoms with van der Waals surface area (Å²) in [6, 6.07) is 13.3. The lowest BCUT2D eigenvalue weighted by molar-refractivity contribution is -0.127. The first-order valence-corrected chi connectivity index (χ1v) is 10.8. The van der Waals surface area contributed by atoms with Crippen molar-refractivity contribution in [2.75, 3.05) is 13.2 Å². The van der Waals surface area contributed by atoms with Gasteiger partial charge in [0.15, 0.2) is 0 Å². The Morgan fingerprint density at radius 3 is 2.39 bits per heavy atom. The third-order valence-corrected chi connectivity index (χ3v) is 6.00. The highest BCUT2D eigenvalue weighted by Crippen LogP contribution is 2.37. The van der Waals surface area contributed by atoms with Gasteiger partial charge < -0.3 is 9.47 Å². The van der Waals surface area contributed by atoms with E-state index < -0.39 is 5.25 Å². The van der Waals surface area contributed by atoms with Gasteiger partial charge in [-0.3, -0.25) is 14.5 Å². The fraction of sp³-hybridized carbons (Fsp3) is 0.333. The molecule has 1 atom stereocenters. The molecule has 1 aliphatic rings. The molecule has 0 radical (unpaired) electrons. The minimum Gasteiger partial charge on any atom is -0.493 e. The number of hydrogen-bond donors (Lipinski definition) is 0. The SMILES string of the molecule is CCOc1cc(OCC)c(C[C@H]2SC(=O)N(Cc3ccccc3)C2=O)cc1Br. The molecule has 0 saturated carbocycles. The molecule has 1 saturated heterocycles. The van der Waals surface area contributed by atoms with Crippen LogP contribution in [0.3, 0.4) is 0 Å². The van der Waals surface area contributed by atoms with Crippen molar-refractivity contribution < 1.29 is 19.1 Å². The summed E-state index contributed by atoms with van der Waals surface area (Å²) in [6.07, 6.45) is 0.418. The number of halogens is 1. The lowest BCUT2D eigenvalue weighted by Crippen LogP contribution is -2.31. The van der Waals surface area contributed by atoms with Crippen LogP contribution in [-0.4, -0.2) is 34.5 Å². The number of hydrogen-bond acceptors (Lipinski definition) is 5. The Labute approximate surface area is 177 Å². The number of nitrogens with zero attached hydrogens (tertiary/aromatic N) is 1. The van der Waals surface area contributed by atoms with E-state index in [1.807, 2.05) is 56.3 Å². The highest BCUT2D eigenvalue weighted by atomic mass is 79.9. The second kappa shape index (κ2) is 9.47. The molecule has 0 bridgehead atoms. The first-order chi connectivity index (χ1) is 13.5. The minimum absolute atomic E-state index is 0.161. The van der Waals surface area contributed by atoms with Gasteiger partial charge in [-0.25, -0.2) is 0 Å². The van der Waals surface area contributed by atoms with Crippen molar-refractivity contribution in [2.24, 2.45) is 0 Å². The summed E-state index contributed by atoms with van der Waals surface area (Å²) >= 11 is 4.59. The zero-order valence-electron chi connectivity index (χ0n) is 15.8. The third-order valence-electron chi connectivity index (χ3n) is 4.31. The standard InChI is InChI=1S/C21H22BrNO4S/c1-3-26-17-12-18(27-4-2)16(22)10-15(17)11-19-20(24)23(21(25)28-19)13-14-8-6-5-7-9-14/h5-10,12,19H,3-4,11,13H2,1-2H3/t19-/m1/s1. The molecular weight excluding hydrogens is 442 g/mol. The van der Waals surface area contributed by atoms with E-state index in [0.29, 0.717) is 37.7 Å². The van der Waals surface area contributed by atoms with Crippen molar-refractivity contribution in [1.82, 2.24) is 4.90 Å². The maximum Gasteiger partial charge on any atom is 0.289 e. The predicted octanol–water partition coefficient (Wildman–Crippen LogP) is 5.05. The average Bonchev–Trinajstić information content (AvgIpc) is 2.94. The predicted molar refractivity (Wildman–Crippen MR) is 114 cm³/mol. The van der Waals surface area contributed by atoms with Crippen LogP contribution in [0.25, 0.3) is 0 Å². The lowest BCUT2D eigenvalue weighted by Gasteiger charge is -2.17. The van der Waals surface area contributed by atoms with Gasteiger partial charge >= 0.3 is 0 Å². The second-order valence-corrected chi connectivity index (χ2v) is 8.25. The minimum atomic E-state index is -0.458. The molecule has 0 aromatic heterocycles. The van der Waals surface area contributed by atoms with Crippen molar-refractivity contribution in [3.05, 3.63) is 58.1 Å². The second-order valence-electron chi connectivity index (χ2n) is 6.24. The molecule has 0 N–H and O–H groups in total. The molecule has 0 unspecified atom stereocenters. The van der Waals surface area contributed by atoms with Gasteiger partial charge in [0.25, 0.3) is 5.24 Å². The van der Waals surface area contributed by atoms with Gasteiger partial charge in [-0.1, -0.05) is 42.1 Å². The van der Waals surface area contributed by atoms with Crippen LogP contribution in [-0.2, 0) is 17.8 Å². The number of thioether (sulfide) groups is 1. The fourth-order valence-electron chi connectivity index (χ4n) is 3.03. The summed E-state index contributed by atoms with van der Waals surface area (Å²) in [6.45, 7) is 5.18. The van der Waals surface area contributed by atoms with Crippen LogP contribution in [0.4, 0.5) is 4.79 Å². The Morgan fingerprint density at radius 2 is 1.71 bits per heavy atom. The normalized spacial score (nSPS) is 16.5. The third kappa shape index (κ3) is 4.70. The van der Waals surface area contributed by atoms with E-state index in [1.165, 1.54) is 4.90 Å². The maximum absolute atomic E-state index is 12.9. The van der Waals surface area contributed by atoms with Gasteiger partial charge in [0, 0.05) is 6.07 Å². The molecule has 3 rings (SSSR count). The summed E-state index contributed by atoms with van der Waals surface area (Å²) in [4.78, 5) is 26.6. The van der Waals surface area contributed by atoms with E-state index in [2.05, 4.69) is 15.9 Å². The molecule has 1 heterocycles. The first-order valence-electron chi connectivity index (χ1n) is 9.17. The van der Waals surface area contributed by atoms with Crippen LogP contribution in [0.15, 0.2) is 46.9 Å². The molecule has 2 amide bonds. The number of amides is 2. The number of benzene rings is 2. The number of carbonyl (C=O) groups is 2. The van der Waals surface area contributed by atoms with Crippen LogP contribution in [0.5, 0.6) is 11.5 Å². The Hall–Kier alpha value is -1.99. The number of rotatable bonds is 8. The Balaban J connectivity index is 1.78. The number of imide groups is 1. The lowest BCUT2D eigenvalue weighted by atomic mass is 10.1. The van der Waals surface area contributed by atoms with Crippen LogP contribution in [0, 0.1) is 0 Å². The van der Waals surface area contributed by atoms with E-state index in [0.717, 1.165) is 27.4 Å². The summed E-state index contributed by atoms with van der Waals surface area (Å²) in [5.41, 5.74) is 1.81. The van der Waals surface area contributed by atoms with E-state index >= 15 is 0 Å². The molecule has 2 aromatic carbocycles. The van der Waals surface area contributed by atoms with Gasteiger partial charge in [-0.2, -0.15) is 0 Å². The van der Waals surface area contributed by atoms with Crippen LogP contribution < -0.4 is 9.47 Å². The van der Waals surface area contributed by atoms with Gasteiger partial charge in [0.05, 0.1) is 29.5 Å². The van der Waals surface area contributed by atoms with E-state index in [1.54, 1.807) is 0 Å². The summed E-state index contributed by atoms with van der Waals surface area (Å²) in [7, 11) is 0. The van der Waals surface area contributed by atoms with Crippen molar-refractivity contribution >= 4 is 38.8 Å².